The Labute approximate surface area is 255 Å². The molecule has 3 aromatic rings. The average molecular weight is 669 g/mol. The van der Waals surface area contributed by atoms with Crippen molar-refractivity contribution < 1.29 is 45.1 Å². The van der Waals surface area contributed by atoms with Gasteiger partial charge in [0.25, 0.3) is 0 Å². The Bertz CT molecular complexity index is 1610. The van der Waals surface area contributed by atoms with Crippen molar-refractivity contribution in [1.29, 1.82) is 0 Å². The van der Waals surface area contributed by atoms with E-state index in [0.29, 0.717) is 12.1 Å². The monoisotopic (exact) mass is 667 g/mol. The maximum atomic E-state index is 15.0. The molecule has 0 radical (unpaired) electrons. The molecule has 14 heteroatoms. The minimum atomic E-state index is -4.99. The molecule has 0 aliphatic heterocycles. The molecular formula is C29H19Cl3F7NO3. The van der Waals surface area contributed by atoms with Crippen LogP contribution in [0.5, 0.6) is 0 Å². The van der Waals surface area contributed by atoms with Gasteiger partial charge in [-0.15, -0.1) is 23.2 Å². The summed E-state index contributed by atoms with van der Waals surface area (Å²) < 4.78 is 93.0. The minimum absolute atomic E-state index is 0.0136. The fraction of sp³-hybridized carbons (Fsp3) is 0.276. The fourth-order valence-electron chi connectivity index (χ4n) is 4.66. The van der Waals surface area contributed by atoms with E-state index in [1.54, 1.807) is 0 Å². The number of alkyl halides is 6. The van der Waals surface area contributed by atoms with Crippen molar-refractivity contribution in [3.63, 3.8) is 0 Å². The first-order valence-electron chi connectivity index (χ1n) is 12.5. The SMILES string of the molecule is O=C(CCF)Cc1c(F)ccc(CC(=O)c2cc(NC(=O)[C@H]3[C@H](c4ccc(F)c(C(F)(F)F)c4)C3(Cl)Cl)ccc2Cl)c1F. The summed E-state index contributed by atoms with van der Waals surface area (Å²) in [6, 6.07) is 7.78. The van der Waals surface area contributed by atoms with Crippen LogP contribution in [0.4, 0.5) is 36.4 Å². The predicted octanol–water partition coefficient (Wildman–Crippen LogP) is 8.20. The number of hydrogen-bond acceptors (Lipinski definition) is 3. The largest absolute Gasteiger partial charge is 0.419 e. The molecule has 1 aliphatic carbocycles. The van der Waals surface area contributed by atoms with Gasteiger partial charge in [-0.05, 0) is 47.5 Å². The van der Waals surface area contributed by atoms with Gasteiger partial charge in [0.1, 0.15) is 27.6 Å². The maximum absolute atomic E-state index is 15.0. The lowest BCUT2D eigenvalue weighted by molar-refractivity contribution is -0.140. The van der Waals surface area contributed by atoms with Crippen LogP contribution in [0.15, 0.2) is 48.5 Å². The molecule has 0 heterocycles. The predicted molar refractivity (Wildman–Crippen MR) is 146 cm³/mol. The minimum Gasteiger partial charge on any atom is -0.326 e. The van der Waals surface area contributed by atoms with Crippen LogP contribution < -0.4 is 5.32 Å². The Morgan fingerprint density at radius 1 is 0.907 bits per heavy atom. The van der Waals surface area contributed by atoms with Crippen molar-refractivity contribution in [1.82, 2.24) is 0 Å². The molecule has 1 amide bonds. The first kappa shape index (κ1) is 32.8. The topological polar surface area (TPSA) is 63.2 Å². The summed E-state index contributed by atoms with van der Waals surface area (Å²) in [6.07, 6.45) is -6.83. The van der Waals surface area contributed by atoms with Crippen LogP contribution in [0.1, 0.15) is 45.0 Å². The van der Waals surface area contributed by atoms with Gasteiger partial charge in [0.15, 0.2) is 5.78 Å². The lowest BCUT2D eigenvalue weighted by atomic mass is 9.97. The number of carbonyl (C=O) groups excluding carboxylic acids is 3. The summed E-state index contributed by atoms with van der Waals surface area (Å²) in [7, 11) is 0. The summed E-state index contributed by atoms with van der Waals surface area (Å²) in [5.74, 6) is -8.34. The Kier molecular flexibility index (Phi) is 9.49. The van der Waals surface area contributed by atoms with E-state index in [2.05, 4.69) is 5.32 Å². The fourth-order valence-corrected chi connectivity index (χ4v) is 5.71. The molecule has 228 valence electrons. The third-order valence-corrected chi connectivity index (χ3v) is 8.16. The van der Waals surface area contributed by atoms with Crippen LogP contribution in [-0.2, 0) is 28.6 Å². The second kappa shape index (κ2) is 12.5. The molecule has 1 aliphatic rings. The number of benzene rings is 3. The number of rotatable bonds is 10. The Morgan fingerprint density at radius 2 is 1.58 bits per heavy atom. The zero-order chi connectivity index (χ0) is 31.9. The van der Waals surface area contributed by atoms with Crippen molar-refractivity contribution in [3.05, 3.63) is 98.8 Å². The standard InChI is InChI=1S/C29H19Cl3F7NO3/c30-20-4-3-15(11-17(20)23(42)10-14-2-5-21(34)18(26(14)36)12-16(41)7-8-33)40-27(43)25-24(28(25,31)32)13-1-6-22(35)19(9-13)29(37,38)39/h1-6,9,11,24-25H,7-8,10,12H2,(H,40,43)/t24-,25+/m0/s1. The first-order valence-corrected chi connectivity index (χ1v) is 13.6. The lowest BCUT2D eigenvalue weighted by Crippen LogP contribution is -2.18. The van der Waals surface area contributed by atoms with Crippen molar-refractivity contribution in [3.8, 4) is 0 Å². The van der Waals surface area contributed by atoms with Gasteiger partial charge in [-0.25, -0.2) is 13.2 Å². The van der Waals surface area contributed by atoms with Crippen molar-refractivity contribution >= 4 is 58.0 Å². The molecule has 43 heavy (non-hydrogen) atoms. The van der Waals surface area contributed by atoms with Crippen molar-refractivity contribution in [2.75, 3.05) is 12.0 Å². The van der Waals surface area contributed by atoms with Gasteiger partial charge >= 0.3 is 6.18 Å². The number of amides is 1. The van der Waals surface area contributed by atoms with Crippen LogP contribution in [0.25, 0.3) is 0 Å². The normalized spacial score (nSPS) is 17.4. The Hall–Kier alpha value is -3.15. The number of ketones is 2. The van der Waals surface area contributed by atoms with Crippen LogP contribution in [0.3, 0.4) is 0 Å². The molecule has 4 rings (SSSR count). The van der Waals surface area contributed by atoms with Gasteiger partial charge in [0, 0.05) is 42.0 Å². The summed E-state index contributed by atoms with van der Waals surface area (Å²) in [6.45, 7) is -0.991. The van der Waals surface area contributed by atoms with E-state index in [9.17, 15) is 45.1 Å². The van der Waals surface area contributed by atoms with E-state index >= 15 is 0 Å². The van der Waals surface area contributed by atoms with Gasteiger partial charge in [0.2, 0.25) is 5.91 Å². The van der Waals surface area contributed by atoms with E-state index in [1.807, 2.05) is 0 Å². The Balaban J connectivity index is 1.52. The number of Topliss-reactive ketones (excluding diaryl/α,β-unsaturated/α-hetero) is 2. The van der Waals surface area contributed by atoms with Gasteiger partial charge in [0.05, 0.1) is 23.2 Å². The third kappa shape index (κ3) is 6.99. The van der Waals surface area contributed by atoms with E-state index in [-0.39, 0.29) is 27.4 Å². The van der Waals surface area contributed by atoms with Crippen LogP contribution in [0, 0.1) is 23.4 Å². The number of nitrogens with one attached hydrogen (secondary N) is 1. The molecule has 0 spiro atoms. The summed E-state index contributed by atoms with van der Waals surface area (Å²) >= 11 is 18.6. The zero-order valence-corrected chi connectivity index (χ0v) is 23.9. The summed E-state index contributed by atoms with van der Waals surface area (Å²) in [5, 5.41) is 2.38. The number of halogens is 10. The van der Waals surface area contributed by atoms with Crippen LogP contribution in [-0.4, -0.2) is 28.5 Å². The highest BCUT2D eigenvalue weighted by Gasteiger charge is 2.67. The van der Waals surface area contributed by atoms with Gasteiger partial charge in [-0.2, -0.15) is 13.2 Å². The van der Waals surface area contributed by atoms with Crippen LogP contribution >= 0.6 is 34.8 Å². The van der Waals surface area contributed by atoms with E-state index < -0.39 is 94.3 Å². The van der Waals surface area contributed by atoms with E-state index in [4.69, 9.17) is 34.8 Å². The number of carbonyl (C=O) groups is 3. The molecule has 1 fully saturated rings. The molecule has 3 aromatic carbocycles. The number of anilines is 1. The van der Waals surface area contributed by atoms with E-state index in [1.165, 1.54) is 12.1 Å². The lowest BCUT2D eigenvalue weighted by Gasteiger charge is -2.11. The van der Waals surface area contributed by atoms with Gasteiger partial charge < -0.3 is 5.32 Å². The number of hydrogen-bond donors (Lipinski definition) is 1. The highest BCUT2D eigenvalue weighted by molar-refractivity contribution is 6.53. The zero-order valence-electron chi connectivity index (χ0n) is 21.6. The Morgan fingerprint density at radius 3 is 2.23 bits per heavy atom. The molecule has 0 aromatic heterocycles. The van der Waals surface area contributed by atoms with Crippen LogP contribution in [0.2, 0.25) is 5.02 Å². The molecule has 4 nitrogen and oxygen atoms in total. The maximum Gasteiger partial charge on any atom is 0.419 e. The summed E-state index contributed by atoms with van der Waals surface area (Å²) in [5.41, 5.74) is -2.67. The van der Waals surface area contributed by atoms with Crippen molar-refractivity contribution in [2.24, 2.45) is 5.92 Å². The smallest absolute Gasteiger partial charge is 0.326 e. The molecule has 0 unspecified atom stereocenters. The highest BCUT2D eigenvalue weighted by Crippen LogP contribution is 2.65. The van der Waals surface area contributed by atoms with Gasteiger partial charge in [-0.3, -0.25) is 18.8 Å². The third-order valence-electron chi connectivity index (χ3n) is 6.89. The average Bonchev–Trinajstić information content (AvgIpc) is 3.50. The van der Waals surface area contributed by atoms with E-state index in [0.717, 1.165) is 24.3 Å². The second-order valence-electron chi connectivity index (χ2n) is 9.80. The second-order valence-corrected chi connectivity index (χ2v) is 11.7. The molecule has 0 bridgehead atoms. The first-order chi connectivity index (χ1) is 20.1. The molecule has 1 N–H and O–H groups in total. The summed E-state index contributed by atoms with van der Waals surface area (Å²) in [4.78, 5) is 37.8. The van der Waals surface area contributed by atoms with Crippen molar-refractivity contribution in [2.45, 2.75) is 35.7 Å². The molecule has 0 saturated heterocycles. The highest BCUT2D eigenvalue weighted by atomic mass is 35.5. The molecule has 2 atom stereocenters. The molecule has 1 saturated carbocycles. The molecular weight excluding hydrogens is 650 g/mol. The quantitative estimate of drug-likeness (QED) is 0.135. The van der Waals surface area contributed by atoms with Gasteiger partial charge in [-0.1, -0.05) is 23.7 Å².